The van der Waals surface area contributed by atoms with Gasteiger partial charge >= 0.3 is 11.2 Å². The summed E-state index contributed by atoms with van der Waals surface area (Å²) in [5, 5.41) is 21.8. The van der Waals surface area contributed by atoms with Crippen molar-refractivity contribution >= 4 is 29.2 Å². The van der Waals surface area contributed by atoms with Gasteiger partial charge in [0.2, 0.25) is 0 Å². The van der Waals surface area contributed by atoms with Crippen molar-refractivity contribution < 1.29 is 10.0 Å². The largest absolute Gasteiger partial charge is 0.488 e. The van der Waals surface area contributed by atoms with Gasteiger partial charge in [0.25, 0.3) is 5.88 Å². The summed E-state index contributed by atoms with van der Waals surface area (Å²) in [7, 11) is 0. The molecule has 2 rings (SSSR count). The topological polar surface area (TPSA) is 109 Å². The van der Waals surface area contributed by atoms with Crippen LogP contribution in [0.15, 0.2) is 16.2 Å². The highest BCUT2D eigenvalue weighted by molar-refractivity contribution is 7.11. The smallest absolute Gasteiger partial charge is 0.395 e. The zero-order valence-electron chi connectivity index (χ0n) is 9.78. The second kappa shape index (κ2) is 5.02. The Morgan fingerprint density at radius 1 is 1.53 bits per heavy atom. The van der Waals surface area contributed by atoms with E-state index in [0.29, 0.717) is 0 Å². The number of aromatic nitrogens is 2. The Labute approximate surface area is 111 Å². The Balaban J connectivity index is 2.38. The van der Waals surface area contributed by atoms with Crippen molar-refractivity contribution in [1.29, 1.82) is 0 Å². The van der Waals surface area contributed by atoms with E-state index in [9.17, 15) is 20.0 Å². The van der Waals surface area contributed by atoms with Crippen LogP contribution in [0.2, 0.25) is 0 Å². The molecule has 0 bridgehead atoms. The van der Waals surface area contributed by atoms with Crippen LogP contribution in [0.4, 0.5) is 5.69 Å². The summed E-state index contributed by atoms with van der Waals surface area (Å²) in [6, 6.07) is 1.94. The van der Waals surface area contributed by atoms with Crippen molar-refractivity contribution in [3.63, 3.8) is 0 Å². The zero-order valence-corrected chi connectivity index (χ0v) is 10.6. The average molecular weight is 279 g/mol. The summed E-state index contributed by atoms with van der Waals surface area (Å²) in [5.41, 5.74) is -0.876. The molecule has 98 valence electrons. The van der Waals surface area contributed by atoms with Crippen LogP contribution in [-0.4, -0.2) is 20.0 Å². The van der Waals surface area contributed by atoms with Crippen molar-refractivity contribution in [3.05, 3.63) is 48.2 Å². The number of nitrogens with zero attached hydrogens (tertiary/aromatic N) is 2. The molecule has 0 saturated heterocycles. The van der Waals surface area contributed by atoms with Crippen LogP contribution in [0, 0.1) is 17.0 Å². The first-order valence-electron chi connectivity index (χ1n) is 5.19. The molecule has 0 aliphatic rings. The Bertz CT molecular complexity index is 717. The molecule has 0 amide bonds. The maximum Gasteiger partial charge on any atom is 0.395 e. The van der Waals surface area contributed by atoms with Gasteiger partial charge in [-0.1, -0.05) is 0 Å². The molecule has 2 aromatic rings. The third kappa shape index (κ3) is 2.68. The number of nitrogens with one attached hydrogen (secondary N) is 1. The minimum absolute atomic E-state index is 0.0564. The van der Waals surface area contributed by atoms with E-state index in [2.05, 4.69) is 9.97 Å². The fourth-order valence-electron chi connectivity index (χ4n) is 1.43. The molecule has 0 unspecified atom stereocenters. The number of rotatable bonds is 3. The molecule has 2 aromatic heterocycles. The summed E-state index contributed by atoms with van der Waals surface area (Å²) in [6.07, 6.45) is 3.19. The van der Waals surface area contributed by atoms with Gasteiger partial charge < -0.3 is 10.1 Å². The Hall–Kier alpha value is -2.48. The predicted octanol–water partition coefficient (Wildman–Crippen LogP) is 1.92. The first kappa shape index (κ1) is 13.0. The number of hydrogen-bond acceptors (Lipinski definition) is 6. The SMILES string of the molecule is Cc1ccsc1/C=C/c1nc(O)c([N+](=O)[O-])c(=O)[nH]1. The number of H-pyrrole nitrogens is 1. The molecule has 2 N–H and O–H groups in total. The molecule has 7 nitrogen and oxygen atoms in total. The highest BCUT2D eigenvalue weighted by Crippen LogP contribution is 2.20. The van der Waals surface area contributed by atoms with E-state index < -0.39 is 22.0 Å². The Kier molecular flexibility index (Phi) is 3.43. The molecule has 19 heavy (non-hydrogen) atoms. The Morgan fingerprint density at radius 2 is 2.26 bits per heavy atom. The lowest BCUT2D eigenvalue weighted by atomic mass is 10.3. The number of hydrogen-bond donors (Lipinski definition) is 2. The first-order chi connectivity index (χ1) is 8.99. The summed E-state index contributed by atoms with van der Waals surface area (Å²) in [4.78, 5) is 27.7. The van der Waals surface area contributed by atoms with Gasteiger partial charge in [-0.15, -0.1) is 11.3 Å². The second-order valence-electron chi connectivity index (χ2n) is 3.68. The highest BCUT2D eigenvalue weighted by atomic mass is 32.1. The molecule has 0 fully saturated rings. The average Bonchev–Trinajstić information content (AvgIpc) is 2.70. The van der Waals surface area contributed by atoms with Gasteiger partial charge in [-0.3, -0.25) is 14.9 Å². The molecule has 0 saturated carbocycles. The fraction of sp³-hybridized carbons (Fsp3) is 0.0909. The molecular formula is C11H9N3O4S. The quantitative estimate of drug-likeness (QED) is 0.659. The molecule has 0 atom stereocenters. The van der Waals surface area contributed by atoms with Crippen LogP contribution in [0.1, 0.15) is 16.3 Å². The third-order valence-electron chi connectivity index (χ3n) is 2.37. The van der Waals surface area contributed by atoms with Crippen molar-refractivity contribution in [2.75, 3.05) is 0 Å². The van der Waals surface area contributed by atoms with E-state index >= 15 is 0 Å². The first-order valence-corrected chi connectivity index (χ1v) is 6.07. The van der Waals surface area contributed by atoms with Crippen molar-refractivity contribution in [3.8, 4) is 5.88 Å². The molecule has 0 aliphatic carbocycles. The summed E-state index contributed by atoms with van der Waals surface area (Å²) >= 11 is 1.51. The van der Waals surface area contributed by atoms with Crippen molar-refractivity contribution in [2.45, 2.75) is 6.92 Å². The van der Waals surface area contributed by atoms with E-state index in [4.69, 9.17) is 0 Å². The molecule has 0 radical (unpaired) electrons. The van der Waals surface area contributed by atoms with Crippen LogP contribution < -0.4 is 5.56 Å². The predicted molar refractivity (Wildman–Crippen MR) is 71.2 cm³/mol. The number of aromatic hydroxyl groups is 1. The monoisotopic (exact) mass is 279 g/mol. The zero-order chi connectivity index (χ0) is 14.0. The minimum Gasteiger partial charge on any atom is -0.488 e. The number of aryl methyl sites for hydroxylation is 1. The van der Waals surface area contributed by atoms with E-state index in [1.54, 1.807) is 6.08 Å². The van der Waals surface area contributed by atoms with Gasteiger partial charge in [0.05, 0.1) is 4.92 Å². The molecule has 0 aromatic carbocycles. The molecular weight excluding hydrogens is 270 g/mol. The van der Waals surface area contributed by atoms with Crippen LogP contribution in [-0.2, 0) is 0 Å². The second-order valence-corrected chi connectivity index (χ2v) is 4.63. The van der Waals surface area contributed by atoms with Crippen molar-refractivity contribution in [2.24, 2.45) is 0 Å². The summed E-state index contributed by atoms with van der Waals surface area (Å²) in [5.74, 6) is -0.836. The lowest BCUT2D eigenvalue weighted by Crippen LogP contribution is -2.14. The summed E-state index contributed by atoms with van der Waals surface area (Å²) in [6.45, 7) is 1.93. The maximum atomic E-state index is 11.4. The van der Waals surface area contributed by atoms with Crippen molar-refractivity contribution in [1.82, 2.24) is 9.97 Å². The lowest BCUT2D eigenvalue weighted by Gasteiger charge is -1.96. The molecule has 8 heteroatoms. The normalized spacial score (nSPS) is 11.0. The fourth-order valence-corrected chi connectivity index (χ4v) is 2.24. The molecule has 0 aliphatic heterocycles. The lowest BCUT2D eigenvalue weighted by molar-refractivity contribution is -0.387. The van der Waals surface area contributed by atoms with E-state index in [1.165, 1.54) is 17.4 Å². The van der Waals surface area contributed by atoms with E-state index in [-0.39, 0.29) is 5.82 Å². The summed E-state index contributed by atoms with van der Waals surface area (Å²) < 4.78 is 0. The molecule has 2 heterocycles. The standard InChI is InChI=1S/C11H9N3O4S/c1-6-4-5-19-7(6)2-3-8-12-10(15)9(14(17)18)11(16)13-8/h2-5H,1H3,(H2,12,13,15,16)/b3-2+. The van der Waals surface area contributed by atoms with E-state index in [1.807, 2.05) is 18.4 Å². The van der Waals surface area contributed by atoms with Gasteiger partial charge in [-0.25, -0.2) is 0 Å². The highest BCUT2D eigenvalue weighted by Gasteiger charge is 2.21. The number of thiophene rings is 1. The Morgan fingerprint density at radius 3 is 2.79 bits per heavy atom. The number of aromatic amines is 1. The van der Waals surface area contributed by atoms with Gasteiger partial charge in [0.1, 0.15) is 5.82 Å². The number of nitro groups is 1. The van der Waals surface area contributed by atoms with Gasteiger partial charge in [0, 0.05) is 4.88 Å². The van der Waals surface area contributed by atoms with E-state index in [0.717, 1.165) is 10.4 Å². The van der Waals surface area contributed by atoms with Gasteiger partial charge in [0.15, 0.2) is 0 Å². The van der Waals surface area contributed by atoms with Crippen LogP contribution in [0.25, 0.3) is 12.2 Å². The van der Waals surface area contributed by atoms with Gasteiger partial charge in [-0.05, 0) is 36.1 Å². The van der Waals surface area contributed by atoms with Gasteiger partial charge in [-0.2, -0.15) is 4.98 Å². The molecule has 0 spiro atoms. The third-order valence-corrected chi connectivity index (χ3v) is 3.36. The van der Waals surface area contributed by atoms with Crippen LogP contribution >= 0.6 is 11.3 Å². The maximum absolute atomic E-state index is 11.4. The van der Waals surface area contributed by atoms with Crippen LogP contribution in [0.3, 0.4) is 0 Å². The minimum atomic E-state index is -0.986. The van der Waals surface area contributed by atoms with Crippen LogP contribution in [0.5, 0.6) is 5.88 Å².